The van der Waals surface area contributed by atoms with Crippen LogP contribution in [0, 0.1) is 11.6 Å². The zero-order valence-electron chi connectivity index (χ0n) is 9.70. The Morgan fingerprint density at radius 1 is 1.22 bits per heavy atom. The average molecular weight is 269 g/mol. The van der Waals surface area contributed by atoms with E-state index in [0.29, 0.717) is 5.56 Å². The fourth-order valence-corrected chi connectivity index (χ4v) is 1.79. The maximum absolute atomic E-state index is 13.6. The van der Waals surface area contributed by atoms with Gasteiger partial charge in [0, 0.05) is 25.4 Å². The van der Waals surface area contributed by atoms with Gasteiger partial charge >= 0.3 is 0 Å². The lowest BCUT2D eigenvalue weighted by atomic mass is 10.2. The summed E-state index contributed by atoms with van der Waals surface area (Å²) in [4.78, 5) is 5.43. The Morgan fingerprint density at radius 2 is 1.94 bits per heavy atom. The van der Waals surface area contributed by atoms with Crippen LogP contribution in [-0.4, -0.2) is 12.0 Å². The normalized spacial score (nSPS) is 10.4. The van der Waals surface area contributed by atoms with E-state index in [1.165, 1.54) is 23.2 Å². The molecule has 1 aromatic heterocycles. The molecule has 0 radical (unpaired) electrons. The molecule has 0 saturated heterocycles. The number of rotatable bonds is 3. The molecule has 0 aliphatic rings. The monoisotopic (exact) mass is 268 g/mol. The van der Waals surface area contributed by atoms with Crippen LogP contribution in [0.4, 0.5) is 14.6 Å². The van der Waals surface area contributed by atoms with Crippen molar-refractivity contribution in [3.8, 4) is 0 Å². The van der Waals surface area contributed by atoms with E-state index in [1.54, 1.807) is 25.2 Å². The van der Waals surface area contributed by atoms with Crippen molar-refractivity contribution >= 4 is 17.4 Å². The highest BCUT2D eigenvalue weighted by Crippen LogP contribution is 2.20. The van der Waals surface area contributed by atoms with Crippen LogP contribution in [0.15, 0.2) is 36.5 Å². The molecule has 0 atom stereocenters. The molecule has 18 heavy (non-hydrogen) atoms. The molecule has 2 rings (SSSR count). The summed E-state index contributed by atoms with van der Waals surface area (Å²) in [6, 6.07) is 7.55. The second kappa shape index (κ2) is 5.31. The molecule has 0 saturated carbocycles. The van der Waals surface area contributed by atoms with E-state index < -0.39 is 5.82 Å². The van der Waals surface area contributed by atoms with Crippen LogP contribution in [0.25, 0.3) is 0 Å². The van der Waals surface area contributed by atoms with Crippen LogP contribution >= 0.6 is 11.6 Å². The van der Waals surface area contributed by atoms with Crippen molar-refractivity contribution in [2.75, 3.05) is 11.9 Å². The first-order chi connectivity index (χ1) is 8.58. The molecule has 0 amide bonds. The maximum Gasteiger partial charge on any atom is 0.167 e. The van der Waals surface area contributed by atoms with E-state index >= 15 is 0 Å². The van der Waals surface area contributed by atoms with E-state index in [0.717, 1.165) is 0 Å². The van der Waals surface area contributed by atoms with Gasteiger partial charge in [0.25, 0.3) is 0 Å². The van der Waals surface area contributed by atoms with Crippen LogP contribution in [0.3, 0.4) is 0 Å². The first kappa shape index (κ1) is 12.8. The quantitative estimate of drug-likeness (QED) is 0.845. The number of aromatic nitrogens is 1. The highest BCUT2D eigenvalue weighted by atomic mass is 35.5. The number of pyridine rings is 1. The molecule has 0 aliphatic carbocycles. The summed E-state index contributed by atoms with van der Waals surface area (Å²) in [6.07, 6.45) is 1.36. The number of halogens is 3. The lowest BCUT2D eigenvalue weighted by Gasteiger charge is -2.19. The van der Waals surface area contributed by atoms with Gasteiger partial charge in [0.05, 0.1) is 5.02 Å². The fourth-order valence-electron chi connectivity index (χ4n) is 1.65. The summed E-state index contributed by atoms with van der Waals surface area (Å²) in [7, 11) is 1.64. The van der Waals surface area contributed by atoms with Gasteiger partial charge < -0.3 is 4.90 Å². The number of hydrogen-bond donors (Lipinski definition) is 0. The fraction of sp³-hybridized carbons (Fsp3) is 0.154. The summed E-state index contributed by atoms with van der Waals surface area (Å²) in [5, 5.41) is 0.232. The van der Waals surface area contributed by atoms with Crippen LogP contribution in [0.1, 0.15) is 5.56 Å². The van der Waals surface area contributed by atoms with E-state index in [9.17, 15) is 8.78 Å². The molecule has 0 bridgehead atoms. The third-order valence-electron chi connectivity index (χ3n) is 2.52. The first-order valence-corrected chi connectivity index (χ1v) is 5.71. The van der Waals surface area contributed by atoms with Gasteiger partial charge in [-0.3, -0.25) is 0 Å². The van der Waals surface area contributed by atoms with Gasteiger partial charge in [-0.15, -0.1) is 0 Å². The lowest BCUT2D eigenvalue weighted by molar-refractivity contribution is 0.597. The number of anilines is 1. The number of nitrogens with zero attached hydrogens (tertiary/aromatic N) is 2. The Labute approximate surface area is 109 Å². The summed E-state index contributed by atoms with van der Waals surface area (Å²) < 4.78 is 27.1. The van der Waals surface area contributed by atoms with Crippen molar-refractivity contribution in [3.05, 3.63) is 58.7 Å². The molecule has 0 aliphatic heterocycles. The smallest absolute Gasteiger partial charge is 0.167 e. The number of benzene rings is 1. The molecule has 94 valence electrons. The van der Waals surface area contributed by atoms with Crippen molar-refractivity contribution in [1.82, 2.24) is 4.98 Å². The van der Waals surface area contributed by atoms with Crippen LogP contribution in [-0.2, 0) is 6.54 Å². The van der Waals surface area contributed by atoms with E-state index in [2.05, 4.69) is 4.98 Å². The minimum absolute atomic E-state index is 0.141. The number of hydrogen-bond acceptors (Lipinski definition) is 2. The molecular formula is C13H11ClF2N2. The molecule has 0 spiro atoms. The van der Waals surface area contributed by atoms with Crippen LogP contribution < -0.4 is 4.90 Å². The molecule has 2 aromatic rings. The third-order valence-corrected chi connectivity index (χ3v) is 2.72. The summed E-state index contributed by atoms with van der Waals surface area (Å²) in [6.45, 7) is 0.234. The second-order valence-electron chi connectivity index (χ2n) is 3.91. The van der Waals surface area contributed by atoms with Crippen molar-refractivity contribution in [3.63, 3.8) is 0 Å². The van der Waals surface area contributed by atoms with Crippen molar-refractivity contribution in [2.45, 2.75) is 6.54 Å². The molecule has 5 heteroatoms. The van der Waals surface area contributed by atoms with Gasteiger partial charge in [-0.2, -0.15) is 0 Å². The lowest BCUT2D eigenvalue weighted by Crippen LogP contribution is -2.19. The molecule has 0 unspecified atom stereocenters. The summed E-state index contributed by atoms with van der Waals surface area (Å²) >= 11 is 5.63. The van der Waals surface area contributed by atoms with Crippen molar-refractivity contribution < 1.29 is 8.78 Å². The first-order valence-electron chi connectivity index (χ1n) is 5.33. The zero-order chi connectivity index (χ0) is 13.1. The molecular weight excluding hydrogens is 258 g/mol. The Bertz CT molecular complexity index is 560. The molecule has 2 nitrogen and oxygen atoms in total. The Hall–Kier alpha value is -1.68. The topological polar surface area (TPSA) is 16.1 Å². The van der Waals surface area contributed by atoms with Gasteiger partial charge in [0.15, 0.2) is 11.6 Å². The third kappa shape index (κ3) is 2.76. The molecule has 0 fully saturated rings. The highest BCUT2D eigenvalue weighted by Gasteiger charge is 2.11. The summed E-state index contributed by atoms with van der Waals surface area (Å²) in [5.41, 5.74) is 0.483. The van der Waals surface area contributed by atoms with E-state index in [1.807, 2.05) is 0 Å². The van der Waals surface area contributed by atoms with Crippen molar-refractivity contribution in [1.29, 1.82) is 0 Å². The minimum Gasteiger partial charge on any atom is -0.353 e. The van der Waals surface area contributed by atoms with Gasteiger partial charge in [-0.25, -0.2) is 13.8 Å². The average Bonchev–Trinajstić information content (AvgIpc) is 2.32. The van der Waals surface area contributed by atoms with Gasteiger partial charge in [-0.05, 0) is 12.1 Å². The minimum atomic E-state index is -0.527. The SMILES string of the molecule is CN(Cc1ccccc1F)c1ncc(Cl)cc1F. The molecule has 1 aromatic carbocycles. The summed E-state index contributed by atoms with van der Waals surface area (Å²) in [5.74, 6) is -0.706. The molecule has 0 N–H and O–H groups in total. The van der Waals surface area contributed by atoms with Gasteiger partial charge in [-0.1, -0.05) is 29.8 Å². The van der Waals surface area contributed by atoms with E-state index in [-0.39, 0.29) is 23.2 Å². The Balaban J connectivity index is 2.22. The predicted octanol–water partition coefficient (Wildman–Crippen LogP) is 3.65. The zero-order valence-corrected chi connectivity index (χ0v) is 10.5. The van der Waals surface area contributed by atoms with E-state index in [4.69, 9.17) is 11.6 Å². The maximum atomic E-state index is 13.6. The van der Waals surface area contributed by atoms with Crippen molar-refractivity contribution in [2.24, 2.45) is 0 Å². The largest absolute Gasteiger partial charge is 0.353 e. The van der Waals surface area contributed by atoms with Gasteiger partial charge in [0.1, 0.15) is 5.82 Å². The Morgan fingerprint density at radius 3 is 2.61 bits per heavy atom. The molecule has 1 heterocycles. The second-order valence-corrected chi connectivity index (χ2v) is 4.34. The predicted molar refractivity (Wildman–Crippen MR) is 67.7 cm³/mol. The standard InChI is InChI=1S/C13H11ClF2N2/c1-18(8-9-4-2-3-5-11(9)15)13-12(16)6-10(14)7-17-13/h2-7H,8H2,1H3. The Kier molecular flexibility index (Phi) is 3.77. The van der Waals surface area contributed by atoms with Crippen LogP contribution in [0.5, 0.6) is 0 Å². The van der Waals surface area contributed by atoms with Crippen LogP contribution in [0.2, 0.25) is 5.02 Å². The van der Waals surface area contributed by atoms with Gasteiger partial charge in [0.2, 0.25) is 0 Å². The highest BCUT2D eigenvalue weighted by molar-refractivity contribution is 6.30.